The molecular formula is C25H22ClN3O5. The standard InChI is InChI=1S/C25H22ClN3O5/c1-3-33-20-12-7-18(8-13-20)25(32)34-21-10-5-17(6-11-21)15-27-29-24(31)23(30)28-19-9-4-16(2)22(26)14-19/h4-15H,3H2,1-2H3,(H,28,30)(H,29,31)/b27-15-. The van der Waals surface area contributed by atoms with Crippen molar-refractivity contribution in [2.75, 3.05) is 11.9 Å². The number of aryl methyl sites for hydroxylation is 1. The Balaban J connectivity index is 1.50. The summed E-state index contributed by atoms with van der Waals surface area (Å²) in [6.07, 6.45) is 1.35. The third-order valence-electron chi connectivity index (χ3n) is 4.51. The van der Waals surface area contributed by atoms with Crippen molar-refractivity contribution in [1.82, 2.24) is 5.43 Å². The lowest BCUT2D eigenvalue weighted by Crippen LogP contribution is -2.32. The van der Waals surface area contributed by atoms with Gasteiger partial charge in [0.05, 0.1) is 18.4 Å². The molecule has 0 saturated heterocycles. The second kappa shape index (κ2) is 11.6. The number of halogens is 1. The summed E-state index contributed by atoms with van der Waals surface area (Å²) in [6, 6.07) is 18.0. The Morgan fingerprint density at radius 2 is 1.62 bits per heavy atom. The summed E-state index contributed by atoms with van der Waals surface area (Å²) in [5.41, 5.74) is 4.41. The van der Waals surface area contributed by atoms with Crippen molar-refractivity contribution in [3.05, 3.63) is 88.4 Å². The van der Waals surface area contributed by atoms with E-state index in [0.29, 0.717) is 39.9 Å². The number of benzene rings is 3. The topological polar surface area (TPSA) is 106 Å². The van der Waals surface area contributed by atoms with Gasteiger partial charge in [0, 0.05) is 10.7 Å². The van der Waals surface area contributed by atoms with Crippen LogP contribution in [0.25, 0.3) is 0 Å². The maximum Gasteiger partial charge on any atom is 0.343 e. The van der Waals surface area contributed by atoms with Gasteiger partial charge in [-0.05, 0) is 85.6 Å². The number of hydrogen-bond acceptors (Lipinski definition) is 6. The van der Waals surface area contributed by atoms with Crippen molar-refractivity contribution in [1.29, 1.82) is 0 Å². The number of esters is 1. The largest absolute Gasteiger partial charge is 0.494 e. The highest BCUT2D eigenvalue weighted by atomic mass is 35.5. The molecule has 2 N–H and O–H groups in total. The van der Waals surface area contributed by atoms with Gasteiger partial charge in [-0.15, -0.1) is 0 Å². The number of ether oxygens (including phenoxy) is 2. The van der Waals surface area contributed by atoms with E-state index >= 15 is 0 Å². The van der Waals surface area contributed by atoms with E-state index in [1.165, 1.54) is 6.21 Å². The van der Waals surface area contributed by atoms with Crippen molar-refractivity contribution in [3.63, 3.8) is 0 Å². The highest BCUT2D eigenvalue weighted by molar-refractivity contribution is 6.39. The molecule has 3 aromatic rings. The van der Waals surface area contributed by atoms with Crippen molar-refractivity contribution in [2.24, 2.45) is 5.10 Å². The van der Waals surface area contributed by atoms with E-state index in [4.69, 9.17) is 21.1 Å². The fraction of sp³-hybridized carbons (Fsp3) is 0.120. The van der Waals surface area contributed by atoms with Gasteiger partial charge in [-0.25, -0.2) is 10.2 Å². The molecule has 34 heavy (non-hydrogen) atoms. The lowest BCUT2D eigenvalue weighted by Gasteiger charge is -2.06. The third kappa shape index (κ3) is 6.91. The SMILES string of the molecule is CCOc1ccc(C(=O)Oc2ccc(/C=N\NC(=O)C(=O)Nc3ccc(C)c(Cl)c3)cc2)cc1. The Hall–Kier alpha value is -4.17. The summed E-state index contributed by atoms with van der Waals surface area (Å²) in [5.74, 6) is -1.30. The smallest absolute Gasteiger partial charge is 0.343 e. The predicted molar refractivity (Wildman–Crippen MR) is 130 cm³/mol. The molecule has 0 atom stereocenters. The van der Waals surface area contributed by atoms with Gasteiger partial charge < -0.3 is 14.8 Å². The van der Waals surface area contributed by atoms with E-state index < -0.39 is 17.8 Å². The zero-order chi connectivity index (χ0) is 24.5. The molecule has 0 unspecified atom stereocenters. The van der Waals surface area contributed by atoms with Gasteiger partial charge in [-0.3, -0.25) is 9.59 Å². The molecule has 0 aliphatic rings. The van der Waals surface area contributed by atoms with Gasteiger partial charge in [-0.2, -0.15) is 5.10 Å². The molecule has 0 bridgehead atoms. The molecule has 0 saturated carbocycles. The van der Waals surface area contributed by atoms with Crippen LogP contribution in [0.2, 0.25) is 5.02 Å². The Kier molecular flexibility index (Phi) is 8.37. The first-order valence-electron chi connectivity index (χ1n) is 10.3. The number of nitrogens with zero attached hydrogens (tertiary/aromatic N) is 1. The van der Waals surface area contributed by atoms with Gasteiger partial charge in [0.25, 0.3) is 0 Å². The maximum absolute atomic E-state index is 12.3. The molecule has 0 aliphatic heterocycles. The summed E-state index contributed by atoms with van der Waals surface area (Å²) in [7, 11) is 0. The normalized spacial score (nSPS) is 10.6. The van der Waals surface area contributed by atoms with E-state index in [9.17, 15) is 14.4 Å². The minimum atomic E-state index is -0.936. The zero-order valence-electron chi connectivity index (χ0n) is 18.5. The van der Waals surface area contributed by atoms with E-state index in [-0.39, 0.29) is 0 Å². The monoisotopic (exact) mass is 479 g/mol. The van der Waals surface area contributed by atoms with Gasteiger partial charge >= 0.3 is 17.8 Å². The lowest BCUT2D eigenvalue weighted by atomic mass is 10.2. The second-order valence-corrected chi connectivity index (χ2v) is 7.44. The Bertz CT molecular complexity index is 1210. The zero-order valence-corrected chi connectivity index (χ0v) is 19.3. The molecular weight excluding hydrogens is 458 g/mol. The number of anilines is 1. The molecule has 9 heteroatoms. The fourth-order valence-electron chi connectivity index (χ4n) is 2.72. The first kappa shape index (κ1) is 24.5. The van der Waals surface area contributed by atoms with Crippen LogP contribution in [0.3, 0.4) is 0 Å². The van der Waals surface area contributed by atoms with Crippen LogP contribution in [0.15, 0.2) is 71.8 Å². The molecule has 2 amide bonds. The minimum Gasteiger partial charge on any atom is -0.494 e. The summed E-state index contributed by atoms with van der Waals surface area (Å²) < 4.78 is 10.7. The molecule has 174 valence electrons. The van der Waals surface area contributed by atoms with Gasteiger partial charge in [-0.1, -0.05) is 17.7 Å². The molecule has 3 rings (SSSR count). The van der Waals surface area contributed by atoms with Crippen molar-refractivity contribution in [2.45, 2.75) is 13.8 Å². The Labute approximate surface area is 201 Å². The van der Waals surface area contributed by atoms with Crippen LogP contribution in [0.5, 0.6) is 11.5 Å². The average Bonchev–Trinajstić information content (AvgIpc) is 2.83. The van der Waals surface area contributed by atoms with Crippen LogP contribution in [0.1, 0.15) is 28.4 Å². The molecule has 0 aliphatic carbocycles. The van der Waals surface area contributed by atoms with Gasteiger partial charge in [0.15, 0.2) is 0 Å². The summed E-state index contributed by atoms with van der Waals surface area (Å²) in [4.78, 5) is 36.2. The number of hydrazone groups is 1. The number of hydrogen-bond donors (Lipinski definition) is 2. The van der Waals surface area contributed by atoms with Crippen molar-refractivity contribution in [3.8, 4) is 11.5 Å². The average molecular weight is 480 g/mol. The fourth-order valence-corrected chi connectivity index (χ4v) is 2.90. The van der Waals surface area contributed by atoms with Crippen LogP contribution in [0.4, 0.5) is 5.69 Å². The highest BCUT2D eigenvalue weighted by Gasteiger charge is 2.13. The quantitative estimate of drug-likeness (QED) is 0.172. The number of carbonyl (C=O) groups excluding carboxylic acids is 3. The third-order valence-corrected chi connectivity index (χ3v) is 4.91. The lowest BCUT2D eigenvalue weighted by molar-refractivity contribution is -0.136. The molecule has 0 heterocycles. The van der Waals surface area contributed by atoms with Crippen LogP contribution < -0.4 is 20.2 Å². The maximum atomic E-state index is 12.3. The van der Waals surface area contributed by atoms with Gasteiger partial charge in [0.2, 0.25) is 0 Å². The van der Waals surface area contributed by atoms with Crippen LogP contribution in [-0.2, 0) is 9.59 Å². The first-order chi connectivity index (χ1) is 16.4. The van der Waals surface area contributed by atoms with Crippen LogP contribution in [-0.4, -0.2) is 30.6 Å². The molecule has 3 aromatic carbocycles. The molecule has 0 radical (unpaired) electrons. The Morgan fingerprint density at radius 3 is 2.26 bits per heavy atom. The first-order valence-corrected chi connectivity index (χ1v) is 10.7. The van der Waals surface area contributed by atoms with E-state index in [1.807, 2.05) is 13.8 Å². The Morgan fingerprint density at radius 1 is 0.941 bits per heavy atom. The van der Waals surface area contributed by atoms with Gasteiger partial charge in [0.1, 0.15) is 11.5 Å². The van der Waals surface area contributed by atoms with Crippen molar-refractivity contribution < 1.29 is 23.9 Å². The summed E-state index contributed by atoms with van der Waals surface area (Å²) >= 11 is 6.01. The predicted octanol–water partition coefficient (Wildman–Crippen LogP) is 4.36. The minimum absolute atomic E-state index is 0.344. The second-order valence-electron chi connectivity index (χ2n) is 7.03. The van der Waals surface area contributed by atoms with Crippen molar-refractivity contribution >= 4 is 41.3 Å². The summed E-state index contributed by atoms with van der Waals surface area (Å²) in [6.45, 7) is 4.25. The molecule has 0 aromatic heterocycles. The number of amides is 2. The summed E-state index contributed by atoms with van der Waals surface area (Å²) in [5, 5.41) is 6.69. The molecule has 0 spiro atoms. The number of nitrogens with one attached hydrogen (secondary N) is 2. The van der Waals surface area contributed by atoms with E-state index in [2.05, 4.69) is 15.8 Å². The van der Waals surface area contributed by atoms with Crippen LogP contribution in [0, 0.1) is 6.92 Å². The molecule has 0 fully saturated rings. The molecule has 8 nitrogen and oxygen atoms in total. The van der Waals surface area contributed by atoms with E-state index in [0.717, 1.165) is 5.56 Å². The van der Waals surface area contributed by atoms with E-state index in [1.54, 1.807) is 66.7 Å². The number of rotatable bonds is 7. The highest BCUT2D eigenvalue weighted by Crippen LogP contribution is 2.20. The number of carbonyl (C=O) groups is 3. The van der Waals surface area contributed by atoms with Crippen LogP contribution >= 0.6 is 11.6 Å².